The molecule has 0 atom stereocenters. The van der Waals surface area contributed by atoms with Crippen LogP contribution in [0.4, 0.5) is 5.69 Å². The number of nitro benzene ring substituents is 1. The van der Waals surface area contributed by atoms with Crippen LogP contribution in [0.2, 0.25) is 10.0 Å². The molecule has 8 heteroatoms. The first-order chi connectivity index (χ1) is 8.99. The molecule has 0 aliphatic rings. The Hall–Kier alpha value is -0.820. The van der Waals surface area contributed by atoms with Crippen molar-refractivity contribution in [2.24, 2.45) is 0 Å². The molecule has 0 saturated heterocycles. The first-order valence-electron chi connectivity index (χ1n) is 4.97. The second-order valence-corrected chi connectivity index (χ2v) is 6.14. The summed E-state index contributed by atoms with van der Waals surface area (Å²) in [4.78, 5) is 11.3. The van der Waals surface area contributed by atoms with Gasteiger partial charge in [-0.3, -0.25) is 10.1 Å². The first-order valence-corrected chi connectivity index (χ1v) is 7.40. The van der Waals surface area contributed by atoms with Gasteiger partial charge in [-0.25, -0.2) is 0 Å². The van der Waals surface area contributed by atoms with Crippen molar-refractivity contribution < 1.29 is 9.66 Å². The van der Waals surface area contributed by atoms with Gasteiger partial charge in [0.1, 0.15) is 6.61 Å². The van der Waals surface area contributed by atoms with Crippen molar-refractivity contribution in [3.63, 3.8) is 0 Å². The van der Waals surface area contributed by atoms with E-state index >= 15 is 0 Å². The minimum atomic E-state index is -0.555. The largest absolute Gasteiger partial charge is 0.481 e. The number of nitro groups is 1. The molecule has 4 nitrogen and oxygen atoms in total. The molecule has 1 aromatic carbocycles. The number of ether oxygens (including phenoxy) is 1. The highest BCUT2D eigenvalue weighted by Crippen LogP contribution is 2.36. The third-order valence-electron chi connectivity index (χ3n) is 2.25. The Morgan fingerprint density at radius 2 is 2.05 bits per heavy atom. The molecule has 0 aliphatic heterocycles. The van der Waals surface area contributed by atoms with Gasteiger partial charge in [-0.2, -0.15) is 0 Å². The van der Waals surface area contributed by atoms with Gasteiger partial charge in [-0.05, 0) is 27.4 Å². The summed E-state index contributed by atoms with van der Waals surface area (Å²) >= 11 is 16.5. The lowest BCUT2D eigenvalue weighted by molar-refractivity contribution is -0.385. The van der Waals surface area contributed by atoms with E-state index in [1.54, 1.807) is 0 Å². The normalized spacial score (nSPS) is 10.5. The zero-order valence-corrected chi connectivity index (χ0v) is 13.1. The lowest BCUT2D eigenvalue weighted by Gasteiger charge is -2.07. The van der Waals surface area contributed by atoms with E-state index in [9.17, 15) is 10.1 Å². The lowest BCUT2D eigenvalue weighted by atomic mass is 10.3. The van der Waals surface area contributed by atoms with Crippen molar-refractivity contribution in [3.05, 3.63) is 53.1 Å². The summed E-state index contributed by atoms with van der Waals surface area (Å²) in [6.45, 7) is 0.219. The van der Waals surface area contributed by atoms with Crippen LogP contribution in [0, 0.1) is 10.1 Å². The van der Waals surface area contributed by atoms with E-state index in [1.807, 2.05) is 11.4 Å². The molecule has 19 heavy (non-hydrogen) atoms. The van der Waals surface area contributed by atoms with Gasteiger partial charge in [0, 0.05) is 16.6 Å². The third kappa shape index (κ3) is 3.39. The highest BCUT2D eigenvalue weighted by molar-refractivity contribution is 9.10. The van der Waals surface area contributed by atoms with Gasteiger partial charge < -0.3 is 4.74 Å². The Labute approximate surface area is 131 Å². The molecule has 0 unspecified atom stereocenters. The molecular formula is C11H6BrCl2NO3S. The van der Waals surface area contributed by atoms with Gasteiger partial charge in [0.25, 0.3) is 0 Å². The molecule has 2 aromatic rings. The number of thiophene rings is 1. The van der Waals surface area contributed by atoms with Crippen LogP contribution in [-0.4, -0.2) is 4.92 Å². The van der Waals surface area contributed by atoms with Crippen LogP contribution in [0.5, 0.6) is 5.75 Å². The predicted molar refractivity (Wildman–Crippen MR) is 79.5 cm³/mol. The number of hydrogen-bond acceptors (Lipinski definition) is 4. The molecule has 0 fully saturated rings. The van der Waals surface area contributed by atoms with Gasteiger partial charge in [-0.15, -0.1) is 11.3 Å². The summed E-state index contributed by atoms with van der Waals surface area (Å²) in [6.07, 6.45) is 0. The van der Waals surface area contributed by atoms with Gasteiger partial charge in [0.15, 0.2) is 5.75 Å². The Kier molecular flexibility index (Phi) is 4.67. The van der Waals surface area contributed by atoms with Gasteiger partial charge >= 0.3 is 5.69 Å². The van der Waals surface area contributed by atoms with E-state index in [2.05, 4.69) is 15.9 Å². The Morgan fingerprint density at radius 1 is 1.37 bits per heavy atom. The monoisotopic (exact) mass is 381 g/mol. The fourth-order valence-corrected chi connectivity index (χ4v) is 3.04. The van der Waals surface area contributed by atoms with Crippen LogP contribution in [0.25, 0.3) is 0 Å². The lowest BCUT2D eigenvalue weighted by Crippen LogP contribution is -1.98. The molecular weight excluding hydrogens is 377 g/mol. The molecule has 0 bridgehead atoms. The van der Waals surface area contributed by atoms with E-state index < -0.39 is 4.92 Å². The fraction of sp³-hybridized carbons (Fsp3) is 0.0909. The molecule has 1 heterocycles. The Bertz CT molecular complexity index is 632. The summed E-state index contributed by atoms with van der Waals surface area (Å²) in [7, 11) is 0. The minimum Gasteiger partial charge on any atom is -0.481 e. The maximum absolute atomic E-state index is 10.9. The molecule has 0 amide bonds. The van der Waals surface area contributed by atoms with E-state index in [4.69, 9.17) is 27.9 Å². The van der Waals surface area contributed by atoms with E-state index in [0.717, 1.165) is 9.35 Å². The molecule has 0 N–H and O–H groups in total. The van der Waals surface area contributed by atoms with E-state index in [0.29, 0.717) is 0 Å². The van der Waals surface area contributed by atoms with Crippen molar-refractivity contribution in [1.82, 2.24) is 0 Å². The maximum atomic E-state index is 10.9. The summed E-state index contributed by atoms with van der Waals surface area (Å²) in [5.74, 6) is 0.0969. The number of nitrogens with zero attached hydrogens (tertiary/aromatic N) is 1. The molecule has 0 aliphatic carbocycles. The van der Waals surface area contributed by atoms with Crippen molar-refractivity contribution in [3.8, 4) is 5.75 Å². The van der Waals surface area contributed by atoms with Gasteiger partial charge in [0.2, 0.25) is 0 Å². The quantitative estimate of drug-likeness (QED) is 0.532. The number of benzene rings is 1. The second kappa shape index (κ2) is 6.09. The third-order valence-corrected chi connectivity index (χ3v) is 4.87. The number of rotatable bonds is 4. The SMILES string of the molecule is O=[N+]([O-])c1cc(Cl)c(Cl)cc1OCc1sccc1Br. The molecule has 100 valence electrons. The van der Waals surface area contributed by atoms with Gasteiger partial charge in [-0.1, -0.05) is 23.2 Å². The van der Waals surface area contributed by atoms with Crippen molar-refractivity contribution in [1.29, 1.82) is 0 Å². The average Bonchev–Trinajstić information content (AvgIpc) is 2.75. The predicted octanol–water partition coefficient (Wildman–Crippen LogP) is 5.30. The molecule has 1 aromatic heterocycles. The zero-order chi connectivity index (χ0) is 14.0. The first kappa shape index (κ1) is 14.6. The van der Waals surface area contributed by atoms with Crippen LogP contribution in [0.3, 0.4) is 0 Å². The maximum Gasteiger partial charge on any atom is 0.312 e. The minimum absolute atomic E-state index is 0.0969. The summed E-state index contributed by atoms with van der Waals surface area (Å²) < 4.78 is 6.36. The van der Waals surface area contributed by atoms with Crippen LogP contribution >= 0.6 is 50.5 Å². The van der Waals surface area contributed by atoms with Crippen molar-refractivity contribution >= 4 is 56.2 Å². The molecule has 0 radical (unpaired) electrons. The molecule has 0 saturated carbocycles. The smallest absolute Gasteiger partial charge is 0.312 e. The molecule has 0 spiro atoms. The molecule has 2 rings (SSSR count). The van der Waals surface area contributed by atoms with Crippen LogP contribution in [0.15, 0.2) is 28.1 Å². The number of halogens is 3. The van der Waals surface area contributed by atoms with Crippen molar-refractivity contribution in [2.45, 2.75) is 6.61 Å². The highest BCUT2D eigenvalue weighted by atomic mass is 79.9. The Balaban J connectivity index is 2.26. The summed E-state index contributed by atoms with van der Waals surface area (Å²) in [5.41, 5.74) is -0.206. The van der Waals surface area contributed by atoms with Crippen LogP contribution < -0.4 is 4.74 Å². The summed E-state index contributed by atoms with van der Waals surface area (Å²) in [6, 6.07) is 4.42. The van der Waals surface area contributed by atoms with E-state index in [1.165, 1.54) is 23.5 Å². The van der Waals surface area contributed by atoms with E-state index in [-0.39, 0.29) is 28.1 Å². The standard InChI is InChI=1S/C11H6BrCl2NO3S/c12-6-1-2-19-11(6)5-18-10-4-8(14)7(13)3-9(10)15(16)17/h1-4H,5H2. The highest BCUT2D eigenvalue weighted by Gasteiger charge is 2.19. The van der Waals surface area contributed by atoms with Crippen LogP contribution in [-0.2, 0) is 6.61 Å². The van der Waals surface area contributed by atoms with Gasteiger partial charge in [0.05, 0.1) is 19.8 Å². The number of hydrogen-bond donors (Lipinski definition) is 0. The Morgan fingerprint density at radius 3 is 2.63 bits per heavy atom. The zero-order valence-electron chi connectivity index (χ0n) is 9.23. The second-order valence-electron chi connectivity index (χ2n) is 3.47. The van der Waals surface area contributed by atoms with Crippen LogP contribution in [0.1, 0.15) is 4.88 Å². The topological polar surface area (TPSA) is 52.4 Å². The van der Waals surface area contributed by atoms with Crippen molar-refractivity contribution in [2.75, 3.05) is 0 Å². The fourth-order valence-electron chi connectivity index (χ4n) is 1.35. The average molecular weight is 383 g/mol. The summed E-state index contributed by atoms with van der Waals surface area (Å²) in [5, 5.41) is 13.2.